The molecule has 0 aliphatic rings. The maximum atomic E-state index is 14.1. The van der Waals surface area contributed by atoms with Gasteiger partial charge in [0.1, 0.15) is 0 Å². The Bertz CT molecular complexity index is 4400. The van der Waals surface area contributed by atoms with E-state index in [4.69, 9.17) is 7.96 Å². The number of halogens is 36. The van der Waals surface area contributed by atoms with Crippen molar-refractivity contribution in [1.82, 2.24) is 0 Å². The summed E-state index contributed by atoms with van der Waals surface area (Å²) in [5.41, 5.74) is -14.1. The third-order valence-electron chi connectivity index (χ3n) is 16.0. The Morgan fingerprint density at radius 3 is 0.714 bits per heavy atom. The third kappa shape index (κ3) is 19.9. The van der Waals surface area contributed by atoms with Crippen molar-refractivity contribution in [2.45, 2.75) is 93.9 Å². The van der Waals surface area contributed by atoms with Gasteiger partial charge in [0.2, 0.25) is 23.3 Å². The molecule has 1 N–H and O–H groups in total. The van der Waals surface area contributed by atoms with Crippen molar-refractivity contribution < 1.29 is 166 Å². The molecule has 0 aliphatic carbocycles. The van der Waals surface area contributed by atoms with Gasteiger partial charge < -0.3 is 4.90 Å². The van der Waals surface area contributed by atoms with Crippen molar-refractivity contribution in [2.24, 2.45) is 11.8 Å². The van der Waals surface area contributed by atoms with E-state index in [1.807, 2.05) is 6.92 Å². The summed E-state index contributed by atoms with van der Waals surface area (Å²) < 4.78 is 494. The summed E-state index contributed by atoms with van der Waals surface area (Å²) in [5.74, 6) is -75.2. The molecule has 9 aromatic carbocycles. The second-order valence-electron chi connectivity index (χ2n) is 23.6. The van der Waals surface area contributed by atoms with Gasteiger partial charge in [0.15, 0.2) is 186 Å². The molecule has 2 atom stereocenters. The fraction of sp³-hybridized carbons (Fsp3) is 0.250. The van der Waals surface area contributed by atoms with E-state index in [0.29, 0.717) is 49.7 Å². The van der Waals surface area contributed by atoms with Crippen LogP contribution in [0, 0.1) is 249 Å². The van der Waals surface area contributed by atoms with Crippen molar-refractivity contribution in [3.05, 3.63) is 262 Å². The van der Waals surface area contributed by atoms with E-state index < -0.39 is 292 Å². The minimum atomic E-state index is -2.44. The summed E-state index contributed by atoms with van der Waals surface area (Å²) in [5, 5.41) is 0. The number of aryl methyl sites for hydroxylation is 4. The zero-order chi connectivity index (χ0) is 85.9. The summed E-state index contributed by atoms with van der Waals surface area (Å²) in [6.07, 6.45) is 6.29. The van der Waals surface area contributed by atoms with Crippen molar-refractivity contribution in [1.29, 1.82) is 0 Å². The van der Waals surface area contributed by atoms with Gasteiger partial charge in [0, 0.05) is 41.4 Å². The molecule has 112 heavy (non-hydrogen) atoms. The van der Waals surface area contributed by atoms with Gasteiger partial charge in [0.05, 0.1) is 27.9 Å². The number of benzene rings is 9. The van der Waals surface area contributed by atoms with Gasteiger partial charge >= 0.3 is 23.4 Å². The molecule has 0 spiro atoms. The van der Waals surface area contributed by atoms with Gasteiger partial charge in [-0.15, -0.1) is 0 Å². The zero-order valence-electron chi connectivity index (χ0n) is 57.7. The molecular formula is C72H48AlF36NO2. The summed E-state index contributed by atoms with van der Waals surface area (Å²) in [7, 11) is 0. The summed E-state index contributed by atoms with van der Waals surface area (Å²) in [6, 6.07) is 2.57. The molecule has 0 radical (unpaired) electrons. The molecular weight excluding hydrogens is 1620 g/mol. The van der Waals surface area contributed by atoms with Gasteiger partial charge in [-0.2, -0.15) is 0 Å². The van der Waals surface area contributed by atoms with Crippen LogP contribution in [0.25, 0.3) is 44.5 Å². The summed E-state index contributed by atoms with van der Waals surface area (Å²) in [6.45, 7) is 13.1. The van der Waals surface area contributed by atoms with Crippen molar-refractivity contribution in [3.8, 4) is 44.5 Å². The van der Waals surface area contributed by atoms with Crippen LogP contribution in [0.5, 0.6) is 0 Å². The van der Waals surface area contributed by atoms with Crippen LogP contribution in [0.2, 0.25) is 0 Å². The predicted molar refractivity (Wildman–Crippen MR) is 330 cm³/mol. The van der Waals surface area contributed by atoms with Gasteiger partial charge in [-0.25, -0.2) is 158 Å². The number of anilines is 1. The van der Waals surface area contributed by atoms with Crippen molar-refractivity contribution in [3.63, 3.8) is 0 Å². The Kier molecular flexibility index (Phi) is 33.6. The first-order valence-corrected chi connectivity index (χ1v) is 32.3. The molecule has 0 saturated heterocycles. The summed E-state index contributed by atoms with van der Waals surface area (Å²) >= 11 is -1.50. The fourth-order valence-corrected chi connectivity index (χ4v) is 10.3. The molecule has 9 aromatic rings. The summed E-state index contributed by atoms with van der Waals surface area (Å²) in [4.78, 5) is 1.63. The van der Waals surface area contributed by atoms with Crippen LogP contribution in [-0.2, 0) is 3.80 Å². The van der Waals surface area contributed by atoms with Crippen molar-refractivity contribution in [2.75, 3.05) is 18.0 Å². The predicted octanol–water partition coefficient (Wildman–Crippen LogP) is 24.7. The van der Waals surface area contributed by atoms with Gasteiger partial charge in [-0.3, -0.25) is 0 Å². The normalized spacial score (nSPS) is 11.5. The Hall–Kier alpha value is -9.61. The molecule has 0 aliphatic heterocycles. The van der Waals surface area contributed by atoms with Crippen LogP contribution in [0.4, 0.5) is 164 Å². The van der Waals surface area contributed by atoms with E-state index in [-0.39, 0.29) is 11.6 Å². The van der Waals surface area contributed by atoms with Crippen LogP contribution in [0.15, 0.2) is 30.3 Å². The first-order chi connectivity index (χ1) is 52.0. The maximum absolute atomic E-state index is 14.1. The van der Waals surface area contributed by atoms with E-state index in [9.17, 15) is 158 Å². The topological polar surface area (TPSA) is 40.5 Å². The zero-order valence-corrected chi connectivity index (χ0v) is 58.8. The Morgan fingerprint density at radius 1 is 0.286 bits per heavy atom. The van der Waals surface area contributed by atoms with Crippen LogP contribution in [0.1, 0.15) is 88.5 Å². The molecule has 0 amide bonds. The van der Waals surface area contributed by atoms with Crippen LogP contribution in [-0.4, -0.2) is 32.7 Å². The molecule has 0 bridgehead atoms. The fourth-order valence-electron chi connectivity index (χ4n) is 10.3. The average Bonchev–Trinajstić information content (AvgIpc) is 0.776. The minimum absolute atomic E-state index is 0.189. The number of rotatable bonds is 15. The van der Waals surface area contributed by atoms with Crippen molar-refractivity contribution >= 4 is 21.2 Å². The van der Waals surface area contributed by atoms with E-state index in [1.54, 1.807) is 4.90 Å². The average molecular weight is 1670 g/mol. The molecule has 40 heteroatoms. The van der Waals surface area contributed by atoms with E-state index in [1.165, 1.54) is 6.42 Å². The van der Waals surface area contributed by atoms with Gasteiger partial charge in [-0.05, 0) is 98.9 Å². The standard InChI is InChI=1S/C20H31F4N.4C13H4F8.Al.H2O.O/c1-5-8-15(7-3)10-9-14(4)13-25(11-6-2)17-12-16(21)18(22)20(24)19(17)23;4*1-3-2-4(7(15)10(18)6(3)14)5-8(16)11(19)13(21)12(20)9(5)17;;;/h12,14-15H,5-11,13H2,1-4H3;4*2H,1H3;;1H2;/q;;;;;+1;;/p-1. The Balaban J connectivity index is 0.000000293. The van der Waals surface area contributed by atoms with E-state index in [0.717, 1.165) is 59.4 Å². The molecule has 0 fully saturated rings. The second-order valence-corrected chi connectivity index (χ2v) is 23.8. The Morgan fingerprint density at radius 2 is 0.500 bits per heavy atom. The molecule has 3 nitrogen and oxygen atoms in total. The molecule has 0 heterocycles. The van der Waals surface area contributed by atoms with E-state index >= 15 is 0 Å². The number of hydrogen-bond donors (Lipinski definition) is 1. The SMILES string of the molecule is CCCC(CC)CCC(C)CN(CCC)c1cc(F)c(F)c(F)c1F.Cc1cc(-c2c(F)c(F)c(F)c(F)c2F)c(F)c(F)c1F.Cc1cc(-c2c(F)c(F)c(F)c(F)c2F)c(F)c(F)c1F.Cc1cc(-c2c(F)c(F)c(F)c(F)c2F)c(F)c(F)c1F.Cc1cc(-c2c(F)c(F)c(F)c(F)c2F)c(F)c(F)c1F.[O]=[Al][OH]. The van der Waals surface area contributed by atoms with Crippen LogP contribution < -0.4 is 4.90 Å². The van der Waals surface area contributed by atoms with Gasteiger partial charge in [0.25, 0.3) is 0 Å². The number of nitrogens with zero attached hydrogens (tertiary/aromatic N) is 1. The van der Waals surface area contributed by atoms with Gasteiger partial charge in [-0.1, -0.05) is 53.4 Å². The first kappa shape index (κ1) is 94.8. The quantitative estimate of drug-likeness (QED) is 0.0481. The molecule has 2 unspecified atom stereocenters. The molecule has 0 aromatic heterocycles. The third-order valence-corrected chi connectivity index (χ3v) is 16.0. The monoisotopic (exact) mass is 1670 g/mol. The first-order valence-electron chi connectivity index (χ1n) is 31.3. The molecule has 0 saturated carbocycles. The second kappa shape index (κ2) is 39.7. The number of hydrogen-bond acceptors (Lipinski definition) is 2. The molecule has 9 rings (SSSR count). The molecule has 608 valence electrons. The Labute approximate surface area is 615 Å². The van der Waals surface area contributed by atoms with Crippen LogP contribution >= 0.6 is 0 Å². The van der Waals surface area contributed by atoms with E-state index in [2.05, 4.69) is 20.8 Å². The van der Waals surface area contributed by atoms with Crippen LogP contribution in [0.3, 0.4) is 0 Å².